The average Bonchev–Trinajstić information content (AvgIpc) is 3.09. The number of halogens is 4. The average molecular weight is 377 g/mol. The molecule has 1 aromatic carbocycles. The summed E-state index contributed by atoms with van der Waals surface area (Å²) >= 11 is 0. The van der Waals surface area contributed by atoms with Crippen LogP contribution in [0.15, 0.2) is 41.5 Å². The lowest BCUT2D eigenvalue weighted by molar-refractivity contribution is -0.140. The predicted molar refractivity (Wildman–Crippen MR) is 91.5 cm³/mol. The maximum absolute atomic E-state index is 13.5. The first-order valence-electron chi connectivity index (χ1n) is 7.72. The van der Waals surface area contributed by atoms with Crippen molar-refractivity contribution in [3.63, 3.8) is 0 Å². The Bertz CT molecular complexity index is 1240. The van der Waals surface area contributed by atoms with E-state index in [0.29, 0.717) is 21.0 Å². The Hall–Kier alpha value is -3.43. The molecule has 0 atom stereocenters. The summed E-state index contributed by atoms with van der Waals surface area (Å²) in [5, 5.41) is 6.81. The van der Waals surface area contributed by atoms with Gasteiger partial charge in [-0.05, 0) is 17.7 Å². The number of benzene rings is 1. The zero-order chi connectivity index (χ0) is 19.3. The van der Waals surface area contributed by atoms with Gasteiger partial charge in [0.2, 0.25) is 0 Å². The van der Waals surface area contributed by atoms with Gasteiger partial charge in [-0.2, -0.15) is 18.3 Å². The molecule has 0 bridgehead atoms. The lowest BCUT2D eigenvalue weighted by Gasteiger charge is -2.15. The molecular weight excluding hydrogens is 366 g/mol. The molecule has 0 radical (unpaired) electrons. The Balaban J connectivity index is 2.07. The van der Waals surface area contributed by atoms with Crippen molar-refractivity contribution < 1.29 is 17.6 Å². The highest BCUT2D eigenvalue weighted by Crippen LogP contribution is 2.31. The molecule has 3 heterocycles. The summed E-state index contributed by atoms with van der Waals surface area (Å²) in [5.41, 5.74) is 5.84. The molecule has 3 aromatic heterocycles. The summed E-state index contributed by atoms with van der Waals surface area (Å²) in [6.45, 7) is -1.47. The molecule has 0 spiro atoms. The predicted octanol–water partition coefficient (Wildman–Crippen LogP) is 3.22. The van der Waals surface area contributed by atoms with Crippen LogP contribution in [-0.2, 0) is 6.54 Å². The van der Waals surface area contributed by atoms with Gasteiger partial charge in [0, 0.05) is 10.9 Å². The second-order valence-corrected chi connectivity index (χ2v) is 5.98. The first-order valence-corrected chi connectivity index (χ1v) is 7.72. The largest absolute Gasteiger partial charge is 0.406 e. The number of anilines is 1. The van der Waals surface area contributed by atoms with Crippen LogP contribution in [0.2, 0.25) is 0 Å². The van der Waals surface area contributed by atoms with Gasteiger partial charge in [0.1, 0.15) is 18.2 Å². The molecule has 3 N–H and O–H groups in total. The molecule has 0 aliphatic rings. The third-order valence-corrected chi connectivity index (χ3v) is 4.21. The van der Waals surface area contributed by atoms with Gasteiger partial charge in [-0.25, -0.2) is 9.37 Å². The number of aromatic amines is 1. The molecular formula is C17H11F4N5O. The van der Waals surface area contributed by atoms with E-state index < -0.39 is 24.1 Å². The van der Waals surface area contributed by atoms with E-state index in [1.54, 1.807) is 6.07 Å². The van der Waals surface area contributed by atoms with Gasteiger partial charge in [-0.3, -0.25) is 14.5 Å². The molecule has 27 heavy (non-hydrogen) atoms. The normalized spacial score (nSPS) is 12.1. The smallest absolute Gasteiger partial charge is 0.383 e. The third-order valence-electron chi connectivity index (χ3n) is 4.21. The summed E-state index contributed by atoms with van der Waals surface area (Å²) in [5.74, 6) is -0.626. The fourth-order valence-corrected chi connectivity index (χ4v) is 3.06. The Morgan fingerprint density at radius 2 is 1.93 bits per heavy atom. The van der Waals surface area contributed by atoms with Gasteiger partial charge < -0.3 is 5.73 Å². The number of H-pyrrole nitrogens is 1. The van der Waals surface area contributed by atoms with Crippen molar-refractivity contribution in [2.45, 2.75) is 12.7 Å². The summed E-state index contributed by atoms with van der Waals surface area (Å²) in [6, 6.07) is 5.58. The van der Waals surface area contributed by atoms with E-state index in [9.17, 15) is 22.4 Å². The fraction of sp³-hybridized carbons (Fsp3) is 0.118. The molecule has 4 rings (SSSR count). The van der Waals surface area contributed by atoms with Gasteiger partial charge in [0.05, 0.1) is 28.8 Å². The molecule has 0 fully saturated rings. The number of hydrogen-bond acceptors (Lipinski definition) is 4. The number of nitrogens with zero attached hydrogens (tertiary/aromatic N) is 3. The molecule has 0 saturated carbocycles. The first kappa shape index (κ1) is 17.0. The Labute approximate surface area is 148 Å². The van der Waals surface area contributed by atoms with Crippen molar-refractivity contribution in [3.8, 4) is 11.1 Å². The monoisotopic (exact) mass is 377 g/mol. The highest BCUT2D eigenvalue weighted by atomic mass is 19.4. The molecule has 138 valence electrons. The fourth-order valence-electron chi connectivity index (χ4n) is 3.06. The minimum atomic E-state index is -4.61. The number of fused-ring (bicyclic) bond motifs is 3. The molecule has 0 aliphatic carbocycles. The van der Waals surface area contributed by atoms with E-state index in [2.05, 4.69) is 15.2 Å². The quantitative estimate of drug-likeness (QED) is 0.525. The van der Waals surface area contributed by atoms with E-state index in [-0.39, 0.29) is 22.3 Å². The van der Waals surface area contributed by atoms with Gasteiger partial charge in [-0.15, -0.1) is 0 Å². The van der Waals surface area contributed by atoms with E-state index in [4.69, 9.17) is 5.73 Å². The Morgan fingerprint density at radius 3 is 2.67 bits per heavy atom. The van der Waals surface area contributed by atoms with Crippen LogP contribution in [0, 0.1) is 5.82 Å². The topological polar surface area (TPSA) is 89.6 Å². The Morgan fingerprint density at radius 1 is 1.15 bits per heavy atom. The van der Waals surface area contributed by atoms with Crippen molar-refractivity contribution in [2.24, 2.45) is 0 Å². The summed E-state index contributed by atoms with van der Waals surface area (Å²) in [4.78, 5) is 16.3. The molecule has 0 aliphatic heterocycles. The Kier molecular flexibility index (Phi) is 3.65. The summed E-state index contributed by atoms with van der Waals surface area (Å²) in [7, 11) is 0. The first-order chi connectivity index (χ1) is 12.7. The van der Waals surface area contributed by atoms with E-state index in [1.807, 2.05) is 0 Å². The number of aromatic nitrogens is 4. The minimum absolute atomic E-state index is 0.0167. The standard InChI is InChI=1S/C17H11F4N5O/c18-9-4-11(15(22)23-5-9)8-1-2-10-13(3-8)26(7-17(19,20)21)16(27)12-6-24-25-14(10)12/h1-6H,7H2,(H2,22,23)(H,24,25). The molecule has 0 saturated heterocycles. The molecule has 0 amide bonds. The van der Waals surface area contributed by atoms with Crippen LogP contribution in [-0.4, -0.2) is 25.9 Å². The highest BCUT2D eigenvalue weighted by molar-refractivity contribution is 6.04. The molecule has 4 aromatic rings. The lowest BCUT2D eigenvalue weighted by Crippen LogP contribution is -2.28. The van der Waals surface area contributed by atoms with E-state index in [1.165, 1.54) is 18.3 Å². The molecule has 10 heteroatoms. The van der Waals surface area contributed by atoms with Crippen LogP contribution in [0.25, 0.3) is 32.9 Å². The van der Waals surface area contributed by atoms with Crippen LogP contribution in [0.4, 0.5) is 23.4 Å². The van der Waals surface area contributed by atoms with Crippen molar-refractivity contribution in [3.05, 3.63) is 52.8 Å². The molecule has 0 unspecified atom stereocenters. The van der Waals surface area contributed by atoms with Crippen LogP contribution >= 0.6 is 0 Å². The van der Waals surface area contributed by atoms with Gasteiger partial charge in [0.25, 0.3) is 5.56 Å². The zero-order valence-corrected chi connectivity index (χ0v) is 13.5. The minimum Gasteiger partial charge on any atom is -0.383 e. The van der Waals surface area contributed by atoms with Crippen molar-refractivity contribution >= 4 is 27.6 Å². The molecule has 6 nitrogen and oxygen atoms in total. The van der Waals surface area contributed by atoms with Gasteiger partial charge in [-0.1, -0.05) is 12.1 Å². The van der Waals surface area contributed by atoms with Crippen molar-refractivity contribution in [2.75, 3.05) is 5.73 Å². The second-order valence-electron chi connectivity index (χ2n) is 5.98. The maximum Gasteiger partial charge on any atom is 0.406 e. The van der Waals surface area contributed by atoms with Gasteiger partial charge >= 0.3 is 6.18 Å². The number of rotatable bonds is 2. The summed E-state index contributed by atoms with van der Waals surface area (Å²) in [6.07, 6.45) is -2.48. The maximum atomic E-state index is 13.5. The summed E-state index contributed by atoms with van der Waals surface area (Å²) < 4.78 is 53.3. The zero-order valence-electron chi connectivity index (χ0n) is 13.5. The second kappa shape index (κ2) is 5.79. The van der Waals surface area contributed by atoms with E-state index >= 15 is 0 Å². The third kappa shape index (κ3) is 2.88. The van der Waals surface area contributed by atoms with Crippen molar-refractivity contribution in [1.29, 1.82) is 0 Å². The number of nitrogen functional groups attached to an aromatic ring is 1. The van der Waals surface area contributed by atoms with Crippen LogP contribution in [0.1, 0.15) is 0 Å². The van der Waals surface area contributed by atoms with Crippen molar-refractivity contribution in [1.82, 2.24) is 19.7 Å². The van der Waals surface area contributed by atoms with Crippen LogP contribution in [0.5, 0.6) is 0 Å². The number of pyridine rings is 2. The highest BCUT2D eigenvalue weighted by Gasteiger charge is 2.30. The number of hydrogen-bond donors (Lipinski definition) is 2. The van der Waals surface area contributed by atoms with Crippen LogP contribution < -0.4 is 11.3 Å². The number of nitrogens with two attached hydrogens (primary N) is 1. The van der Waals surface area contributed by atoms with E-state index in [0.717, 1.165) is 12.3 Å². The van der Waals surface area contributed by atoms with Gasteiger partial charge in [0.15, 0.2) is 0 Å². The lowest BCUT2D eigenvalue weighted by atomic mass is 10.0. The SMILES string of the molecule is Nc1ncc(F)cc1-c1ccc2c3[nH]ncc3c(=O)n(CC(F)(F)F)c2c1. The van der Waals surface area contributed by atoms with Crippen LogP contribution in [0.3, 0.4) is 0 Å². The number of nitrogens with one attached hydrogen (secondary N) is 1. The number of alkyl halides is 3.